The van der Waals surface area contributed by atoms with Gasteiger partial charge in [0, 0.05) is 29.7 Å². The number of sulfonamides is 1. The molecule has 3 aromatic heterocycles. The Morgan fingerprint density at radius 1 is 1.27 bits per heavy atom. The fourth-order valence-corrected chi connectivity index (χ4v) is 5.01. The van der Waals surface area contributed by atoms with Crippen molar-refractivity contribution in [2.24, 2.45) is 0 Å². The monoisotopic (exact) mass is 488 g/mol. The van der Waals surface area contributed by atoms with Crippen molar-refractivity contribution < 1.29 is 17.9 Å². The number of imidazole rings is 1. The van der Waals surface area contributed by atoms with Crippen LogP contribution in [-0.2, 0) is 16.6 Å². The van der Waals surface area contributed by atoms with E-state index in [1.807, 2.05) is 22.8 Å². The van der Waals surface area contributed by atoms with Crippen molar-refractivity contribution in [3.63, 3.8) is 0 Å². The van der Waals surface area contributed by atoms with E-state index in [1.54, 1.807) is 13.1 Å². The maximum Gasteiger partial charge on any atom is 0.231 e. The number of hydrogen-bond donors (Lipinski definition) is 3. The van der Waals surface area contributed by atoms with Crippen LogP contribution in [-0.4, -0.2) is 57.2 Å². The molecule has 1 aliphatic heterocycles. The topological polar surface area (TPSA) is 163 Å². The predicted molar refractivity (Wildman–Crippen MR) is 121 cm³/mol. The molecule has 4 N–H and O–H groups in total. The van der Waals surface area contributed by atoms with Gasteiger partial charge in [-0.2, -0.15) is 5.10 Å². The molecule has 4 heterocycles. The van der Waals surface area contributed by atoms with Gasteiger partial charge >= 0.3 is 0 Å². The third kappa shape index (κ3) is 4.19. The second-order valence-electron chi connectivity index (χ2n) is 7.04. The molecule has 0 atom stereocenters. The number of nitrogens with zero attached hydrogens (tertiary/aromatic N) is 5. The fourth-order valence-electron chi connectivity index (χ4n) is 3.35. The van der Waals surface area contributed by atoms with Crippen LogP contribution in [0.3, 0.4) is 0 Å². The molecule has 0 spiro atoms. The molecule has 0 saturated heterocycles. The third-order valence-corrected chi connectivity index (χ3v) is 7.47. The van der Waals surface area contributed by atoms with Gasteiger partial charge in [0.25, 0.3) is 0 Å². The molecule has 0 saturated carbocycles. The molecule has 4 aromatic rings. The Balaban J connectivity index is 1.56. The van der Waals surface area contributed by atoms with Gasteiger partial charge in [0.05, 0.1) is 11.4 Å². The number of H-pyrrole nitrogens is 1. The molecule has 1 aromatic carbocycles. The van der Waals surface area contributed by atoms with Gasteiger partial charge in [-0.3, -0.25) is 5.10 Å². The van der Waals surface area contributed by atoms with Crippen molar-refractivity contribution in [2.45, 2.75) is 23.5 Å². The van der Waals surface area contributed by atoms with Crippen molar-refractivity contribution in [3.05, 3.63) is 30.7 Å². The molecular formula is C19H20N8O4S2. The molecule has 14 heteroatoms. The Morgan fingerprint density at radius 3 is 2.85 bits per heavy atom. The fraction of sp³-hybridized carbons (Fsp3) is 0.263. The number of aromatic nitrogens is 6. The first kappa shape index (κ1) is 21.5. The molecule has 0 radical (unpaired) electrons. The smallest absolute Gasteiger partial charge is 0.231 e. The summed E-state index contributed by atoms with van der Waals surface area (Å²) in [6.07, 6.45) is 3.09. The summed E-state index contributed by atoms with van der Waals surface area (Å²) in [6, 6.07) is 5.60. The summed E-state index contributed by atoms with van der Waals surface area (Å²) in [5.74, 6) is 1.50. The van der Waals surface area contributed by atoms with Crippen molar-refractivity contribution in [3.8, 4) is 22.8 Å². The van der Waals surface area contributed by atoms with E-state index in [9.17, 15) is 8.42 Å². The van der Waals surface area contributed by atoms with E-state index in [2.05, 4.69) is 29.9 Å². The van der Waals surface area contributed by atoms with E-state index in [0.717, 1.165) is 16.2 Å². The minimum Gasteiger partial charge on any atom is -0.454 e. The number of benzene rings is 1. The van der Waals surface area contributed by atoms with Gasteiger partial charge in [-0.15, -0.1) is 0 Å². The normalized spacial score (nSPS) is 13.1. The van der Waals surface area contributed by atoms with E-state index in [0.29, 0.717) is 34.4 Å². The number of rotatable bonds is 8. The van der Waals surface area contributed by atoms with E-state index < -0.39 is 10.0 Å². The third-order valence-electron chi connectivity index (χ3n) is 5.02. The molecule has 12 nitrogen and oxygen atoms in total. The number of nitrogens with one attached hydrogen (secondary N) is 2. The van der Waals surface area contributed by atoms with E-state index >= 15 is 0 Å². The van der Waals surface area contributed by atoms with E-state index in [-0.39, 0.29) is 24.9 Å². The van der Waals surface area contributed by atoms with Crippen LogP contribution in [0.25, 0.3) is 22.4 Å². The molecule has 0 aliphatic carbocycles. The summed E-state index contributed by atoms with van der Waals surface area (Å²) >= 11 is 1.37. The Morgan fingerprint density at radius 2 is 2.09 bits per heavy atom. The number of nitrogen functional groups attached to an aromatic ring is 1. The van der Waals surface area contributed by atoms with Crippen molar-refractivity contribution >= 4 is 38.8 Å². The predicted octanol–water partition coefficient (Wildman–Crippen LogP) is 1.62. The molecule has 0 amide bonds. The van der Waals surface area contributed by atoms with Crippen LogP contribution < -0.4 is 19.9 Å². The van der Waals surface area contributed by atoms with Crippen LogP contribution >= 0.6 is 11.8 Å². The lowest BCUT2D eigenvalue weighted by atomic mass is 10.1. The Hall–Kier alpha value is -3.36. The zero-order valence-electron chi connectivity index (χ0n) is 17.5. The number of ether oxygens (including phenoxy) is 2. The number of hydrogen-bond acceptors (Lipinski definition) is 10. The number of aromatic amines is 1. The standard InChI is InChI=1S/C19H20N8O4S2/c1-2-33(28,29)24-5-6-27-18-16(17(20)21-9-22-18)25-19(27)32-15-8-14-13(30-10-31-14)7-11(15)12-3-4-23-26-12/h3-4,7-9,24H,2,5-6,10H2,1H3,(H,23,26)(H2,20,21,22). The number of anilines is 1. The maximum absolute atomic E-state index is 11.9. The Kier molecular flexibility index (Phi) is 5.55. The number of nitrogens with two attached hydrogens (primary N) is 1. The maximum atomic E-state index is 11.9. The largest absolute Gasteiger partial charge is 0.454 e. The second kappa shape index (κ2) is 8.53. The first-order valence-corrected chi connectivity index (χ1v) is 12.5. The highest BCUT2D eigenvalue weighted by molar-refractivity contribution is 7.99. The van der Waals surface area contributed by atoms with Crippen LogP contribution in [0.2, 0.25) is 0 Å². The second-order valence-corrected chi connectivity index (χ2v) is 10.1. The quantitative estimate of drug-likeness (QED) is 0.332. The molecule has 1 aliphatic rings. The van der Waals surface area contributed by atoms with Crippen LogP contribution in [0.5, 0.6) is 11.5 Å². The Bertz CT molecular complexity index is 1420. The summed E-state index contributed by atoms with van der Waals surface area (Å²) in [7, 11) is -3.34. The summed E-state index contributed by atoms with van der Waals surface area (Å²) < 4.78 is 39.3. The lowest BCUT2D eigenvalue weighted by molar-refractivity contribution is 0.174. The van der Waals surface area contributed by atoms with Gasteiger partial charge in [-0.1, -0.05) is 11.8 Å². The minimum atomic E-state index is -3.34. The van der Waals surface area contributed by atoms with Crippen molar-refractivity contribution in [2.75, 3.05) is 24.8 Å². The SMILES string of the molecule is CCS(=O)(=O)NCCn1c(Sc2cc3c(cc2-c2cc[nH]n2)OCO3)nc2c(N)ncnc21. The van der Waals surface area contributed by atoms with E-state index in [4.69, 9.17) is 15.2 Å². The molecule has 172 valence electrons. The van der Waals surface area contributed by atoms with Gasteiger partial charge in [-0.25, -0.2) is 28.1 Å². The zero-order chi connectivity index (χ0) is 23.0. The van der Waals surface area contributed by atoms with Crippen molar-refractivity contribution in [1.29, 1.82) is 0 Å². The highest BCUT2D eigenvalue weighted by atomic mass is 32.2. The average molecular weight is 489 g/mol. The van der Waals surface area contributed by atoms with Crippen LogP contribution in [0.4, 0.5) is 5.82 Å². The van der Waals surface area contributed by atoms with Crippen LogP contribution in [0.1, 0.15) is 6.92 Å². The van der Waals surface area contributed by atoms with Gasteiger partial charge < -0.3 is 19.8 Å². The first-order valence-electron chi connectivity index (χ1n) is 10.0. The number of fused-ring (bicyclic) bond motifs is 2. The first-order chi connectivity index (χ1) is 15.9. The molecule has 33 heavy (non-hydrogen) atoms. The van der Waals surface area contributed by atoms with Gasteiger partial charge in [0.2, 0.25) is 16.8 Å². The van der Waals surface area contributed by atoms with Gasteiger partial charge in [0.1, 0.15) is 6.33 Å². The lowest BCUT2D eigenvalue weighted by Gasteiger charge is -2.12. The molecule has 0 fully saturated rings. The van der Waals surface area contributed by atoms with Gasteiger partial charge in [0.15, 0.2) is 33.6 Å². The molecule has 5 rings (SSSR count). The average Bonchev–Trinajstić information content (AvgIpc) is 3.54. The molecular weight excluding hydrogens is 468 g/mol. The highest BCUT2D eigenvalue weighted by Gasteiger charge is 2.23. The summed E-state index contributed by atoms with van der Waals surface area (Å²) in [4.78, 5) is 13.8. The summed E-state index contributed by atoms with van der Waals surface area (Å²) in [5, 5.41) is 7.69. The van der Waals surface area contributed by atoms with Crippen LogP contribution in [0.15, 0.2) is 40.8 Å². The summed E-state index contributed by atoms with van der Waals surface area (Å²) in [6.45, 7) is 2.20. The lowest BCUT2D eigenvalue weighted by Crippen LogP contribution is -2.28. The van der Waals surface area contributed by atoms with Crippen LogP contribution in [0, 0.1) is 0 Å². The van der Waals surface area contributed by atoms with E-state index in [1.165, 1.54) is 18.1 Å². The van der Waals surface area contributed by atoms with Gasteiger partial charge in [-0.05, 0) is 25.1 Å². The zero-order valence-corrected chi connectivity index (χ0v) is 19.1. The Labute approximate surface area is 193 Å². The molecule has 0 bridgehead atoms. The highest BCUT2D eigenvalue weighted by Crippen LogP contribution is 2.44. The minimum absolute atomic E-state index is 0.00137. The van der Waals surface area contributed by atoms with Crippen molar-refractivity contribution in [1.82, 2.24) is 34.4 Å². The summed E-state index contributed by atoms with van der Waals surface area (Å²) in [5.41, 5.74) is 8.55. The molecule has 0 unspecified atom stereocenters.